The van der Waals surface area contributed by atoms with Gasteiger partial charge in [-0.3, -0.25) is 0 Å². The molecule has 0 saturated heterocycles. The van der Waals surface area contributed by atoms with Crippen molar-refractivity contribution in [2.24, 2.45) is 0 Å². The summed E-state index contributed by atoms with van der Waals surface area (Å²) in [4.78, 5) is 11.6. The maximum Gasteiger partial charge on any atom is 0.399 e. The quantitative estimate of drug-likeness (QED) is 0.433. The summed E-state index contributed by atoms with van der Waals surface area (Å²) in [5, 5.41) is 0.206. The number of halogens is 5. The Morgan fingerprint density at radius 3 is 2.48 bits per heavy atom. The molecule has 0 fully saturated rings. The molecule has 7 heteroatoms. The van der Waals surface area contributed by atoms with E-state index in [1.54, 1.807) is 19.9 Å². The lowest BCUT2D eigenvalue weighted by Gasteiger charge is -2.18. The first-order chi connectivity index (χ1) is 12.6. The van der Waals surface area contributed by atoms with Crippen LogP contribution in [0, 0.1) is 12.7 Å². The van der Waals surface area contributed by atoms with Crippen LogP contribution >= 0.6 is 11.6 Å². The van der Waals surface area contributed by atoms with Crippen molar-refractivity contribution in [1.29, 1.82) is 0 Å². The molecule has 2 nitrogen and oxygen atoms in total. The molecule has 144 valence electrons. The monoisotopic (exact) mass is 400 g/mol. The highest BCUT2D eigenvalue weighted by molar-refractivity contribution is 6.30. The summed E-state index contributed by atoms with van der Waals surface area (Å²) in [5.41, 5.74) is 0.512. The van der Waals surface area contributed by atoms with E-state index in [0.717, 1.165) is 18.2 Å². The molecule has 0 aliphatic carbocycles. The topological polar surface area (TPSA) is 26.3 Å². The summed E-state index contributed by atoms with van der Waals surface area (Å²) in [6.45, 7) is 3.32. The minimum atomic E-state index is -4.54. The fraction of sp³-hybridized carbons (Fsp3) is 0.250. The van der Waals surface area contributed by atoms with E-state index in [9.17, 15) is 22.4 Å². The van der Waals surface area contributed by atoms with Crippen molar-refractivity contribution < 1.29 is 27.1 Å². The first-order valence-corrected chi connectivity index (χ1v) is 8.48. The zero-order valence-corrected chi connectivity index (χ0v) is 15.4. The third kappa shape index (κ3) is 5.57. The van der Waals surface area contributed by atoms with Crippen molar-refractivity contribution in [2.45, 2.75) is 25.9 Å². The smallest absolute Gasteiger partial charge is 0.399 e. The lowest BCUT2D eigenvalue weighted by Crippen LogP contribution is -2.19. The average molecular weight is 401 g/mol. The number of aryl methyl sites for hydroxylation is 1. The van der Waals surface area contributed by atoms with Crippen LogP contribution < -0.4 is 0 Å². The van der Waals surface area contributed by atoms with Gasteiger partial charge >= 0.3 is 12.1 Å². The first kappa shape index (κ1) is 21.0. The molecule has 0 aromatic heterocycles. The predicted molar refractivity (Wildman–Crippen MR) is 96.4 cm³/mol. The molecule has 2 rings (SSSR count). The molecule has 0 N–H and O–H groups in total. The van der Waals surface area contributed by atoms with Gasteiger partial charge in [0.2, 0.25) is 0 Å². The standard InChI is InChI=1S/C20H17ClF4O2/c1-3-27-19(26)16-6-4-13(10-18(16)22)5-7-17(20(23,24)25)14-8-12(2)9-15(21)11-14/h4-11,17H,3H2,1-2H3/b7-5+. The van der Waals surface area contributed by atoms with Gasteiger partial charge in [-0.25, -0.2) is 9.18 Å². The number of ether oxygens (including phenoxy) is 1. The summed E-state index contributed by atoms with van der Waals surface area (Å²) < 4.78 is 59.2. The van der Waals surface area contributed by atoms with E-state index in [0.29, 0.717) is 5.56 Å². The number of alkyl halides is 3. The molecular weight excluding hydrogens is 384 g/mol. The van der Waals surface area contributed by atoms with Crippen LogP contribution in [0.3, 0.4) is 0 Å². The Morgan fingerprint density at radius 1 is 1.22 bits per heavy atom. The van der Waals surface area contributed by atoms with Crippen LogP contribution in [0.15, 0.2) is 42.5 Å². The summed E-state index contributed by atoms with van der Waals surface area (Å²) in [5.74, 6) is -3.59. The van der Waals surface area contributed by atoms with Crippen LogP contribution in [0.1, 0.15) is 39.9 Å². The fourth-order valence-electron chi connectivity index (χ4n) is 2.57. The SMILES string of the molecule is CCOC(=O)c1ccc(/C=C/C(c2cc(C)cc(Cl)c2)C(F)(F)F)cc1F. The van der Waals surface area contributed by atoms with E-state index in [4.69, 9.17) is 16.3 Å². The van der Waals surface area contributed by atoms with Gasteiger partial charge in [-0.15, -0.1) is 0 Å². The van der Waals surface area contributed by atoms with Crippen LogP contribution in [-0.4, -0.2) is 18.8 Å². The molecule has 0 bridgehead atoms. The van der Waals surface area contributed by atoms with E-state index in [2.05, 4.69) is 0 Å². The van der Waals surface area contributed by atoms with Gasteiger partial charge < -0.3 is 4.74 Å². The fourth-order valence-corrected chi connectivity index (χ4v) is 2.87. The number of rotatable bonds is 5. The van der Waals surface area contributed by atoms with Crippen molar-refractivity contribution in [3.63, 3.8) is 0 Å². The highest BCUT2D eigenvalue weighted by Gasteiger charge is 2.39. The molecule has 1 unspecified atom stereocenters. The van der Waals surface area contributed by atoms with Gasteiger partial charge in [0.1, 0.15) is 5.82 Å². The summed E-state index contributed by atoms with van der Waals surface area (Å²) in [7, 11) is 0. The number of carbonyl (C=O) groups is 1. The lowest BCUT2D eigenvalue weighted by molar-refractivity contribution is -0.139. The number of hydrogen-bond acceptors (Lipinski definition) is 2. The van der Waals surface area contributed by atoms with E-state index >= 15 is 0 Å². The molecule has 0 saturated carbocycles. The van der Waals surface area contributed by atoms with Crippen molar-refractivity contribution in [3.05, 3.63) is 75.6 Å². The van der Waals surface area contributed by atoms with Gasteiger partial charge in [-0.05, 0) is 54.8 Å². The minimum Gasteiger partial charge on any atom is -0.462 e. The van der Waals surface area contributed by atoms with E-state index in [1.165, 1.54) is 24.3 Å². The molecule has 2 aromatic carbocycles. The number of carbonyl (C=O) groups excluding carboxylic acids is 1. The van der Waals surface area contributed by atoms with E-state index in [1.807, 2.05) is 0 Å². The first-order valence-electron chi connectivity index (χ1n) is 8.10. The second-order valence-corrected chi connectivity index (χ2v) is 6.34. The Labute approximate surface area is 159 Å². The Hall–Kier alpha value is -2.34. The van der Waals surface area contributed by atoms with Crippen LogP contribution in [0.2, 0.25) is 5.02 Å². The Bertz CT molecular complexity index is 839. The zero-order chi connectivity index (χ0) is 20.2. The van der Waals surface area contributed by atoms with E-state index in [-0.39, 0.29) is 28.3 Å². The molecule has 0 radical (unpaired) electrons. The van der Waals surface area contributed by atoms with Gasteiger partial charge in [0.25, 0.3) is 0 Å². The second-order valence-electron chi connectivity index (χ2n) is 5.90. The predicted octanol–water partition coefficient (Wildman–Crippen LogP) is 6.32. The molecule has 27 heavy (non-hydrogen) atoms. The van der Waals surface area contributed by atoms with Gasteiger partial charge in [0.15, 0.2) is 0 Å². The Morgan fingerprint density at radius 2 is 1.93 bits per heavy atom. The number of esters is 1. The third-order valence-corrected chi connectivity index (χ3v) is 3.96. The molecule has 2 aromatic rings. The van der Waals surface area contributed by atoms with Crippen molar-refractivity contribution in [2.75, 3.05) is 6.61 Å². The van der Waals surface area contributed by atoms with Gasteiger partial charge in [-0.2, -0.15) is 13.2 Å². The lowest BCUT2D eigenvalue weighted by atomic mass is 9.95. The van der Waals surface area contributed by atoms with Crippen LogP contribution in [0.4, 0.5) is 17.6 Å². The van der Waals surface area contributed by atoms with Gasteiger partial charge in [-0.1, -0.05) is 35.9 Å². The van der Waals surface area contributed by atoms with Crippen molar-refractivity contribution in [3.8, 4) is 0 Å². The number of allylic oxidation sites excluding steroid dienone is 1. The highest BCUT2D eigenvalue weighted by Crippen LogP contribution is 2.37. The summed E-state index contributed by atoms with van der Waals surface area (Å²) in [6, 6.07) is 7.73. The Kier molecular flexibility index (Phi) is 6.65. The second kappa shape index (κ2) is 8.57. The number of hydrogen-bond donors (Lipinski definition) is 0. The average Bonchev–Trinajstić information content (AvgIpc) is 2.53. The molecule has 1 atom stereocenters. The maximum absolute atomic E-state index is 14.0. The van der Waals surface area contributed by atoms with E-state index < -0.39 is 23.9 Å². The molecule has 0 heterocycles. The van der Waals surface area contributed by atoms with Gasteiger partial charge in [0, 0.05) is 5.02 Å². The van der Waals surface area contributed by atoms with Gasteiger partial charge in [0.05, 0.1) is 18.1 Å². The normalized spacial score (nSPS) is 13.0. The molecule has 0 aliphatic heterocycles. The van der Waals surface area contributed by atoms with Crippen molar-refractivity contribution >= 4 is 23.6 Å². The molecule has 0 amide bonds. The van der Waals surface area contributed by atoms with Crippen LogP contribution in [0.5, 0.6) is 0 Å². The summed E-state index contributed by atoms with van der Waals surface area (Å²) >= 11 is 5.87. The largest absolute Gasteiger partial charge is 0.462 e. The zero-order valence-electron chi connectivity index (χ0n) is 14.6. The third-order valence-electron chi connectivity index (χ3n) is 3.75. The van der Waals surface area contributed by atoms with Crippen LogP contribution in [-0.2, 0) is 4.74 Å². The molecule has 0 aliphatic rings. The van der Waals surface area contributed by atoms with Crippen LogP contribution in [0.25, 0.3) is 6.08 Å². The Balaban J connectivity index is 2.34. The van der Waals surface area contributed by atoms with Crippen molar-refractivity contribution in [1.82, 2.24) is 0 Å². The number of benzene rings is 2. The minimum absolute atomic E-state index is 0.00707. The maximum atomic E-state index is 14.0. The molecular formula is C20H17ClF4O2. The summed E-state index contributed by atoms with van der Waals surface area (Å²) in [6.07, 6.45) is -2.45. The highest BCUT2D eigenvalue weighted by atomic mass is 35.5. The molecule has 0 spiro atoms.